The largest absolute Gasteiger partial charge is 0.496 e. The maximum atomic E-state index is 12.2. The van der Waals surface area contributed by atoms with E-state index in [0.29, 0.717) is 17.1 Å². The highest BCUT2D eigenvalue weighted by atomic mass is 16.5. The Hall–Kier alpha value is -3.08. The molecule has 0 radical (unpaired) electrons. The molecule has 0 aliphatic heterocycles. The van der Waals surface area contributed by atoms with E-state index in [1.807, 2.05) is 25.1 Å². The van der Waals surface area contributed by atoms with Crippen LogP contribution in [0.25, 0.3) is 11.0 Å². The van der Waals surface area contributed by atoms with Gasteiger partial charge in [-0.2, -0.15) is 0 Å². The van der Waals surface area contributed by atoms with E-state index in [2.05, 4.69) is 0 Å². The molecule has 0 spiro atoms. The number of fused-ring (bicyclic) bond motifs is 1. The number of aryl methyl sites for hydroxylation is 1. The number of carbonyl (C=O) groups excluding carboxylic acids is 1. The number of hydrogen-bond donors (Lipinski definition) is 0. The summed E-state index contributed by atoms with van der Waals surface area (Å²) in [5, 5.41) is 0.839. The van der Waals surface area contributed by atoms with E-state index < -0.39 is 11.6 Å². The summed E-state index contributed by atoms with van der Waals surface area (Å²) >= 11 is 0. The van der Waals surface area contributed by atoms with Gasteiger partial charge in [0.25, 0.3) is 0 Å². The minimum atomic E-state index is -0.419. The summed E-state index contributed by atoms with van der Waals surface area (Å²) < 4.78 is 15.8. The molecule has 0 aliphatic carbocycles. The van der Waals surface area contributed by atoms with E-state index in [1.54, 1.807) is 31.4 Å². The zero-order chi connectivity index (χ0) is 17.8. The van der Waals surface area contributed by atoms with Gasteiger partial charge < -0.3 is 13.9 Å². The number of benzene rings is 2. The summed E-state index contributed by atoms with van der Waals surface area (Å²) in [6, 6.07) is 13.8. The van der Waals surface area contributed by atoms with Crippen LogP contribution in [0.2, 0.25) is 0 Å². The standard InChI is InChI=1S/C20H18O5/c1-3-13-10-20(22)25-18-12-15(8-9-16(13)18)24-19(21)11-14-6-4-5-7-17(14)23-2/h4-10,12H,3,11H2,1-2H3. The third kappa shape index (κ3) is 3.71. The lowest BCUT2D eigenvalue weighted by Crippen LogP contribution is -2.12. The lowest BCUT2D eigenvalue weighted by Gasteiger charge is -2.09. The SMILES string of the molecule is CCc1cc(=O)oc2cc(OC(=O)Cc3ccccc3OC)ccc12. The fourth-order valence-electron chi connectivity index (χ4n) is 2.74. The van der Waals surface area contributed by atoms with Crippen LogP contribution >= 0.6 is 0 Å². The van der Waals surface area contributed by atoms with Crippen molar-refractivity contribution < 1.29 is 18.7 Å². The van der Waals surface area contributed by atoms with E-state index in [0.717, 1.165) is 22.9 Å². The van der Waals surface area contributed by atoms with Crippen molar-refractivity contribution in [3.63, 3.8) is 0 Å². The molecule has 0 amide bonds. The van der Waals surface area contributed by atoms with Crippen LogP contribution in [0.3, 0.4) is 0 Å². The molecule has 0 saturated heterocycles. The highest BCUT2D eigenvalue weighted by Gasteiger charge is 2.12. The van der Waals surface area contributed by atoms with Crippen LogP contribution in [-0.2, 0) is 17.6 Å². The van der Waals surface area contributed by atoms with Crippen molar-refractivity contribution in [2.75, 3.05) is 7.11 Å². The van der Waals surface area contributed by atoms with Gasteiger partial charge in [-0.15, -0.1) is 0 Å². The molecule has 25 heavy (non-hydrogen) atoms. The van der Waals surface area contributed by atoms with Crippen molar-refractivity contribution in [1.82, 2.24) is 0 Å². The molecular formula is C20H18O5. The van der Waals surface area contributed by atoms with Crippen LogP contribution in [0, 0.1) is 0 Å². The predicted octanol–water partition coefficient (Wildman–Crippen LogP) is 3.51. The highest BCUT2D eigenvalue weighted by molar-refractivity contribution is 5.83. The number of rotatable bonds is 5. The number of carbonyl (C=O) groups is 1. The van der Waals surface area contributed by atoms with Crippen molar-refractivity contribution in [2.45, 2.75) is 19.8 Å². The summed E-state index contributed by atoms with van der Waals surface area (Å²) in [4.78, 5) is 23.8. The Bertz CT molecular complexity index is 971. The van der Waals surface area contributed by atoms with Crippen molar-refractivity contribution in [3.8, 4) is 11.5 Å². The van der Waals surface area contributed by atoms with Gasteiger partial charge in [0.15, 0.2) is 0 Å². The molecule has 0 aliphatic rings. The smallest absolute Gasteiger partial charge is 0.336 e. The summed E-state index contributed by atoms with van der Waals surface area (Å²) in [5.74, 6) is 0.554. The van der Waals surface area contributed by atoms with Crippen LogP contribution in [0.5, 0.6) is 11.5 Å². The van der Waals surface area contributed by atoms with Crippen molar-refractivity contribution in [1.29, 1.82) is 0 Å². The Labute approximate surface area is 144 Å². The van der Waals surface area contributed by atoms with Gasteiger partial charge in [-0.3, -0.25) is 4.79 Å². The van der Waals surface area contributed by atoms with Crippen molar-refractivity contribution in [3.05, 3.63) is 70.1 Å². The zero-order valence-electron chi connectivity index (χ0n) is 14.1. The lowest BCUT2D eigenvalue weighted by molar-refractivity contribution is -0.133. The molecule has 2 aromatic carbocycles. The second-order valence-electron chi connectivity index (χ2n) is 5.56. The number of esters is 1. The first-order chi connectivity index (χ1) is 12.1. The van der Waals surface area contributed by atoms with Crippen LogP contribution in [0.4, 0.5) is 0 Å². The normalized spacial score (nSPS) is 10.6. The highest BCUT2D eigenvalue weighted by Crippen LogP contribution is 2.24. The second-order valence-corrected chi connectivity index (χ2v) is 5.56. The van der Waals surface area contributed by atoms with Crippen LogP contribution < -0.4 is 15.1 Å². The fourth-order valence-corrected chi connectivity index (χ4v) is 2.74. The Morgan fingerprint density at radius 1 is 1.08 bits per heavy atom. The Balaban J connectivity index is 1.83. The molecular weight excluding hydrogens is 320 g/mol. The van der Waals surface area contributed by atoms with Crippen LogP contribution in [0.15, 0.2) is 57.7 Å². The Morgan fingerprint density at radius 2 is 1.88 bits per heavy atom. The van der Waals surface area contributed by atoms with E-state index in [9.17, 15) is 9.59 Å². The minimum Gasteiger partial charge on any atom is -0.496 e. The number of para-hydroxylation sites is 1. The molecule has 0 atom stereocenters. The van der Waals surface area contributed by atoms with Gasteiger partial charge in [-0.05, 0) is 30.2 Å². The van der Waals surface area contributed by atoms with Gasteiger partial charge in [0.2, 0.25) is 0 Å². The first-order valence-corrected chi connectivity index (χ1v) is 8.00. The molecule has 5 heteroatoms. The average Bonchev–Trinajstić information content (AvgIpc) is 2.61. The Kier molecular flexibility index (Phi) is 4.84. The molecule has 0 N–H and O–H groups in total. The quantitative estimate of drug-likeness (QED) is 0.405. The number of hydrogen-bond acceptors (Lipinski definition) is 5. The van der Waals surface area contributed by atoms with Gasteiger partial charge >= 0.3 is 11.6 Å². The molecule has 0 unspecified atom stereocenters. The predicted molar refractivity (Wildman–Crippen MR) is 94.2 cm³/mol. The van der Waals surface area contributed by atoms with Crippen LogP contribution in [-0.4, -0.2) is 13.1 Å². The summed E-state index contributed by atoms with van der Waals surface area (Å²) in [5.41, 5.74) is 1.64. The van der Waals surface area contributed by atoms with E-state index in [1.165, 1.54) is 6.07 Å². The summed E-state index contributed by atoms with van der Waals surface area (Å²) in [7, 11) is 1.56. The molecule has 3 rings (SSSR count). The number of ether oxygens (including phenoxy) is 2. The van der Waals surface area contributed by atoms with Crippen molar-refractivity contribution in [2.24, 2.45) is 0 Å². The lowest BCUT2D eigenvalue weighted by atomic mass is 10.1. The van der Waals surface area contributed by atoms with Gasteiger partial charge in [0.1, 0.15) is 17.1 Å². The van der Waals surface area contributed by atoms with Crippen LogP contribution in [0.1, 0.15) is 18.1 Å². The Morgan fingerprint density at radius 3 is 2.64 bits per heavy atom. The maximum Gasteiger partial charge on any atom is 0.336 e. The first kappa shape index (κ1) is 16.8. The molecule has 0 bridgehead atoms. The third-order valence-electron chi connectivity index (χ3n) is 3.94. The maximum absolute atomic E-state index is 12.2. The molecule has 128 valence electrons. The van der Waals surface area contributed by atoms with E-state index in [4.69, 9.17) is 13.9 Å². The molecule has 1 aromatic heterocycles. The monoisotopic (exact) mass is 338 g/mol. The van der Waals surface area contributed by atoms with E-state index in [-0.39, 0.29) is 6.42 Å². The van der Waals surface area contributed by atoms with E-state index >= 15 is 0 Å². The second kappa shape index (κ2) is 7.21. The fraction of sp³-hybridized carbons (Fsp3) is 0.200. The average molecular weight is 338 g/mol. The topological polar surface area (TPSA) is 65.7 Å². The minimum absolute atomic E-state index is 0.0843. The molecule has 0 fully saturated rings. The first-order valence-electron chi connectivity index (χ1n) is 8.00. The van der Waals surface area contributed by atoms with Gasteiger partial charge in [0.05, 0.1) is 13.5 Å². The number of methoxy groups -OCH3 is 1. The molecule has 0 saturated carbocycles. The summed E-state index contributed by atoms with van der Waals surface area (Å²) in [6.45, 7) is 1.97. The van der Waals surface area contributed by atoms with Gasteiger partial charge in [-0.1, -0.05) is 25.1 Å². The summed E-state index contributed by atoms with van der Waals surface area (Å²) in [6.07, 6.45) is 0.802. The zero-order valence-corrected chi connectivity index (χ0v) is 14.1. The molecule has 1 heterocycles. The molecule has 5 nitrogen and oxygen atoms in total. The van der Waals surface area contributed by atoms with Crippen molar-refractivity contribution >= 4 is 16.9 Å². The van der Waals surface area contributed by atoms with Gasteiger partial charge in [0, 0.05) is 23.1 Å². The molecule has 3 aromatic rings. The van der Waals surface area contributed by atoms with Gasteiger partial charge in [-0.25, -0.2) is 4.79 Å². The third-order valence-corrected chi connectivity index (χ3v) is 3.94.